The summed E-state index contributed by atoms with van der Waals surface area (Å²) >= 11 is 0. The first-order valence-corrected chi connectivity index (χ1v) is 9.37. The van der Waals surface area contributed by atoms with Gasteiger partial charge in [-0.1, -0.05) is 51.1 Å². The third-order valence-corrected chi connectivity index (χ3v) is 4.40. The summed E-state index contributed by atoms with van der Waals surface area (Å²) in [6.45, 7) is 6.33. The van der Waals surface area contributed by atoms with Gasteiger partial charge in [0.1, 0.15) is 11.5 Å². The van der Waals surface area contributed by atoms with Crippen molar-refractivity contribution in [3.05, 3.63) is 95.6 Å². The van der Waals surface area contributed by atoms with Gasteiger partial charge in [-0.25, -0.2) is 0 Å². The fourth-order valence-electron chi connectivity index (χ4n) is 2.68. The second kappa shape index (κ2) is 8.61. The van der Waals surface area contributed by atoms with Gasteiger partial charge in [0.2, 0.25) is 0 Å². The van der Waals surface area contributed by atoms with Gasteiger partial charge in [-0.15, -0.1) is 0 Å². The van der Waals surface area contributed by atoms with Crippen LogP contribution in [0.5, 0.6) is 11.5 Å². The third kappa shape index (κ3) is 5.45. The minimum absolute atomic E-state index is 0.0135. The number of hydrogen-bond donors (Lipinski definition) is 2. The minimum atomic E-state index is -0.407. The Labute approximate surface area is 170 Å². The van der Waals surface area contributed by atoms with Crippen molar-refractivity contribution in [2.45, 2.75) is 26.2 Å². The number of para-hydroxylation sites is 1. The predicted molar refractivity (Wildman–Crippen MR) is 113 cm³/mol. The van der Waals surface area contributed by atoms with Crippen molar-refractivity contribution < 1.29 is 14.3 Å². The lowest BCUT2D eigenvalue weighted by atomic mass is 9.87. The first-order valence-electron chi connectivity index (χ1n) is 9.37. The summed E-state index contributed by atoms with van der Waals surface area (Å²) in [5.74, 6) is 0.559. The fourth-order valence-corrected chi connectivity index (χ4v) is 2.68. The molecule has 0 bridgehead atoms. The molecule has 0 heterocycles. The molecule has 0 aromatic heterocycles. The second-order valence-corrected chi connectivity index (χ2v) is 7.68. The lowest BCUT2D eigenvalue weighted by Gasteiger charge is -2.19. The smallest absolute Gasteiger partial charge is 0.269 e. The van der Waals surface area contributed by atoms with Crippen LogP contribution in [0.4, 0.5) is 0 Å². The molecule has 3 rings (SSSR count). The predicted octanol–water partition coefficient (Wildman–Crippen LogP) is 4.85. The number of amides is 2. The molecule has 0 fully saturated rings. The monoisotopic (exact) mass is 388 g/mol. The molecule has 3 aromatic rings. The van der Waals surface area contributed by atoms with E-state index in [4.69, 9.17) is 4.74 Å². The number of ether oxygens (including phenoxy) is 1. The maximum absolute atomic E-state index is 12.3. The summed E-state index contributed by atoms with van der Waals surface area (Å²) in [6.07, 6.45) is 0. The Morgan fingerprint density at radius 3 is 1.59 bits per heavy atom. The van der Waals surface area contributed by atoms with E-state index in [0.29, 0.717) is 16.9 Å². The zero-order valence-corrected chi connectivity index (χ0v) is 16.7. The van der Waals surface area contributed by atoms with Crippen LogP contribution in [0.25, 0.3) is 0 Å². The SMILES string of the molecule is CC(C)(C)c1ccc(C(=O)NNC(=O)c2ccc(Oc3ccccc3)cc2)cc1. The van der Waals surface area contributed by atoms with Crippen molar-refractivity contribution in [2.24, 2.45) is 0 Å². The van der Waals surface area contributed by atoms with Gasteiger partial charge in [0.05, 0.1) is 0 Å². The van der Waals surface area contributed by atoms with Crippen LogP contribution in [-0.4, -0.2) is 11.8 Å². The Morgan fingerprint density at radius 2 is 1.10 bits per heavy atom. The molecule has 0 saturated heterocycles. The van der Waals surface area contributed by atoms with Crippen LogP contribution in [-0.2, 0) is 5.41 Å². The topological polar surface area (TPSA) is 67.4 Å². The molecule has 5 nitrogen and oxygen atoms in total. The molecule has 2 N–H and O–H groups in total. The first kappa shape index (κ1) is 20.1. The Kier molecular flexibility index (Phi) is 5.98. The van der Waals surface area contributed by atoms with Crippen molar-refractivity contribution >= 4 is 11.8 Å². The molecule has 0 spiro atoms. The molecule has 5 heteroatoms. The molecule has 0 atom stereocenters. The normalized spacial score (nSPS) is 10.9. The van der Waals surface area contributed by atoms with Crippen LogP contribution in [0.2, 0.25) is 0 Å². The molecule has 0 aliphatic heterocycles. The molecule has 0 unspecified atom stereocenters. The highest BCUT2D eigenvalue weighted by molar-refractivity contribution is 5.99. The molecule has 0 saturated carbocycles. The molecular weight excluding hydrogens is 364 g/mol. The van der Waals surface area contributed by atoms with Gasteiger partial charge in [-0.2, -0.15) is 0 Å². The van der Waals surface area contributed by atoms with E-state index in [1.54, 1.807) is 36.4 Å². The van der Waals surface area contributed by atoms with Crippen LogP contribution in [0, 0.1) is 0 Å². The van der Waals surface area contributed by atoms with E-state index in [1.165, 1.54) is 0 Å². The summed E-state index contributed by atoms with van der Waals surface area (Å²) < 4.78 is 5.70. The quantitative estimate of drug-likeness (QED) is 0.628. The van der Waals surface area contributed by atoms with Crippen molar-refractivity contribution in [2.75, 3.05) is 0 Å². The average molecular weight is 388 g/mol. The van der Waals surface area contributed by atoms with Crippen LogP contribution >= 0.6 is 0 Å². The van der Waals surface area contributed by atoms with Crippen LogP contribution in [0.15, 0.2) is 78.9 Å². The van der Waals surface area contributed by atoms with E-state index in [9.17, 15) is 9.59 Å². The summed E-state index contributed by atoms with van der Waals surface area (Å²) in [6, 6.07) is 23.4. The number of carbonyl (C=O) groups is 2. The molecule has 0 aliphatic carbocycles. The Morgan fingerprint density at radius 1 is 0.655 bits per heavy atom. The first-order chi connectivity index (χ1) is 13.8. The highest BCUT2D eigenvalue weighted by Gasteiger charge is 2.15. The molecule has 29 heavy (non-hydrogen) atoms. The Balaban J connectivity index is 1.55. The number of rotatable bonds is 4. The number of carbonyl (C=O) groups excluding carboxylic acids is 2. The van der Waals surface area contributed by atoms with Gasteiger partial charge in [0.25, 0.3) is 11.8 Å². The highest BCUT2D eigenvalue weighted by atomic mass is 16.5. The van der Waals surface area contributed by atoms with Gasteiger partial charge >= 0.3 is 0 Å². The summed E-state index contributed by atoms with van der Waals surface area (Å²) in [5, 5.41) is 0. The fraction of sp³-hybridized carbons (Fsp3) is 0.167. The summed E-state index contributed by atoms with van der Waals surface area (Å²) in [7, 11) is 0. The van der Waals surface area contributed by atoms with Crippen molar-refractivity contribution in [3.8, 4) is 11.5 Å². The zero-order chi connectivity index (χ0) is 20.9. The van der Waals surface area contributed by atoms with Crippen LogP contribution in [0.1, 0.15) is 47.1 Å². The van der Waals surface area contributed by atoms with E-state index in [1.807, 2.05) is 42.5 Å². The second-order valence-electron chi connectivity index (χ2n) is 7.68. The van der Waals surface area contributed by atoms with E-state index >= 15 is 0 Å². The number of nitrogens with one attached hydrogen (secondary N) is 2. The minimum Gasteiger partial charge on any atom is -0.457 e. The van der Waals surface area contributed by atoms with Crippen LogP contribution < -0.4 is 15.6 Å². The maximum Gasteiger partial charge on any atom is 0.269 e. The van der Waals surface area contributed by atoms with Gasteiger partial charge < -0.3 is 4.74 Å². The Hall–Kier alpha value is -3.60. The highest BCUT2D eigenvalue weighted by Crippen LogP contribution is 2.22. The largest absolute Gasteiger partial charge is 0.457 e. The molecule has 0 aliphatic rings. The lowest BCUT2D eigenvalue weighted by molar-refractivity contribution is 0.0846. The maximum atomic E-state index is 12.3. The number of hydrazine groups is 1. The van der Waals surface area contributed by atoms with Gasteiger partial charge in [0.15, 0.2) is 0 Å². The number of hydrogen-bond acceptors (Lipinski definition) is 3. The summed E-state index contributed by atoms with van der Waals surface area (Å²) in [4.78, 5) is 24.5. The van der Waals surface area contributed by atoms with Gasteiger partial charge in [-0.05, 0) is 59.5 Å². The molecule has 0 radical (unpaired) electrons. The lowest BCUT2D eigenvalue weighted by Crippen LogP contribution is -2.41. The zero-order valence-electron chi connectivity index (χ0n) is 16.7. The molecule has 148 valence electrons. The van der Waals surface area contributed by atoms with Gasteiger partial charge in [0, 0.05) is 11.1 Å². The Bertz CT molecular complexity index is 973. The summed E-state index contributed by atoms with van der Waals surface area (Å²) in [5.41, 5.74) is 6.91. The molecular formula is C24H24N2O3. The number of benzene rings is 3. The van der Waals surface area contributed by atoms with Crippen molar-refractivity contribution in [3.63, 3.8) is 0 Å². The third-order valence-electron chi connectivity index (χ3n) is 4.40. The van der Waals surface area contributed by atoms with E-state index < -0.39 is 5.91 Å². The molecule has 3 aromatic carbocycles. The standard InChI is InChI=1S/C24H24N2O3/c1-24(2,3)19-13-9-17(10-14-19)22(27)25-26-23(28)18-11-15-21(16-12-18)29-20-7-5-4-6-8-20/h4-16H,1-3H3,(H,25,27)(H,26,28). The van der Waals surface area contributed by atoms with Crippen LogP contribution in [0.3, 0.4) is 0 Å². The van der Waals surface area contributed by atoms with Crippen molar-refractivity contribution in [1.82, 2.24) is 10.9 Å². The van der Waals surface area contributed by atoms with Gasteiger partial charge in [-0.3, -0.25) is 20.4 Å². The van der Waals surface area contributed by atoms with E-state index in [2.05, 4.69) is 31.6 Å². The van der Waals surface area contributed by atoms with E-state index in [-0.39, 0.29) is 11.3 Å². The van der Waals surface area contributed by atoms with Crippen molar-refractivity contribution in [1.29, 1.82) is 0 Å². The van der Waals surface area contributed by atoms with E-state index in [0.717, 1.165) is 11.3 Å². The molecule has 2 amide bonds. The average Bonchev–Trinajstić information content (AvgIpc) is 2.72.